The minimum Gasteiger partial charge on any atom is -0.387 e. The Balaban J connectivity index is 2.37. The molecule has 2 aromatic rings. The molecule has 86 valence electrons. The molecule has 2 rings (SSSR count). The van der Waals surface area contributed by atoms with Crippen LogP contribution in [-0.2, 0) is 6.54 Å². The van der Waals surface area contributed by atoms with E-state index in [4.69, 9.17) is 0 Å². The third-order valence-corrected chi connectivity index (χ3v) is 2.77. The van der Waals surface area contributed by atoms with Gasteiger partial charge in [-0.25, -0.2) is 4.98 Å². The van der Waals surface area contributed by atoms with Gasteiger partial charge in [0.05, 0.1) is 23.5 Å². The van der Waals surface area contributed by atoms with E-state index in [-0.39, 0.29) is 0 Å². The van der Waals surface area contributed by atoms with Gasteiger partial charge < -0.3 is 15.0 Å². The number of nitrogens with one attached hydrogen (secondary N) is 1. The largest absolute Gasteiger partial charge is 0.387 e. The summed E-state index contributed by atoms with van der Waals surface area (Å²) in [7, 11) is 1.83. The van der Waals surface area contributed by atoms with Crippen LogP contribution in [0.25, 0.3) is 11.0 Å². The van der Waals surface area contributed by atoms with E-state index in [2.05, 4.69) is 21.8 Å². The van der Waals surface area contributed by atoms with Gasteiger partial charge in [0.15, 0.2) is 0 Å². The summed E-state index contributed by atoms with van der Waals surface area (Å²) in [6.07, 6.45) is 1.36. The molecule has 0 radical (unpaired) electrons. The van der Waals surface area contributed by atoms with Crippen molar-refractivity contribution in [3.63, 3.8) is 0 Å². The molecule has 1 atom stereocenters. The molecule has 0 aliphatic heterocycles. The topological polar surface area (TPSA) is 50.1 Å². The number of aliphatic hydroxyl groups is 1. The summed E-state index contributed by atoms with van der Waals surface area (Å²) in [4.78, 5) is 4.32. The molecule has 0 aliphatic rings. The van der Waals surface area contributed by atoms with Crippen molar-refractivity contribution in [3.8, 4) is 0 Å². The van der Waals surface area contributed by atoms with Crippen LogP contribution < -0.4 is 5.32 Å². The normalized spacial score (nSPS) is 13.2. The summed E-state index contributed by atoms with van der Waals surface area (Å²) < 4.78 is 2.09. The number of aryl methyl sites for hydroxylation is 1. The first-order valence-electron chi connectivity index (χ1n) is 5.53. The first kappa shape index (κ1) is 11.1. The molecule has 0 saturated carbocycles. The maximum atomic E-state index is 9.85. The molecule has 1 aromatic heterocycles. The number of rotatable bonds is 4. The lowest BCUT2D eigenvalue weighted by Crippen LogP contribution is -2.16. The summed E-state index contributed by atoms with van der Waals surface area (Å²) in [6, 6.07) is 5.92. The molecule has 0 amide bonds. The Hall–Kier alpha value is -1.39. The maximum absolute atomic E-state index is 9.85. The monoisotopic (exact) mass is 219 g/mol. The van der Waals surface area contributed by atoms with Crippen LogP contribution >= 0.6 is 0 Å². The summed E-state index contributed by atoms with van der Waals surface area (Å²) >= 11 is 0. The highest BCUT2D eigenvalue weighted by Gasteiger charge is 2.08. The lowest BCUT2D eigenvalue weighted by atomic mass is 10.1. The molecular formula is C12H17N3O. The Labute approximate surface area is 94.9 Å². The summed E-state index contributed by atoms with van der Waals surface area (Å²) in [5.41, 5.74) is 2.96. The molecule has 0 spiro atoms. The molecule has 0 saturated heterocycles. The number of aromatic nitrogens is 2. The van der Waals surface area contributed by atoms with Crippen molar-refractivity contribution in [1.82, 2.24) is 14.9 Å². The molecule has 1 aromatic carbocycles. The van der Waals surface area contributed by atoms with Crippen LogP contribution in [0.3, 0.4) is 0 Å². The second kappa shape index (κ2) is 4.63. The Bertz CT molecular complexity index is 478. The number of hydrogen-bond donors (Lipinski definition) is 2. The standard InChI is InChI=1S/C12H17N3O/c1-3-15-8-14-10-6-9(4-5-11(10)15)12(16)7-13-2/h4-6,8,12-13,16H,3,7H2,1-2H3. The summed E-state index contributed by atoms with van der Waals surface area (Å²) in [5, 5.41) is 12.8. The Kier molecular flexibility index (Phi) is 3.22. The van der Waals surface area contributed by atoms with Crippen molar-refractivity contribution in [2.24, 2.45) is 0 Å². The van der Waals surface area contributed by atoms with Crippen LogP contribution in [-0.4, -0.2) is 28.3 Å². The number of likely N-dealkylation sites (N-methyl/N-ethyl adjacent to an activating group) is 1. The lowest BCUT2D eigenvalue weighted by molar-refractivity contribution is 0.178. The van der Waals surface area contributed by atoms with Crippen LogP contribution in [0.15, 0.2) is 24.5 Å². The highest BCUT2D eigenvalue weighted by Crippen LogP contribution is 2.19. The third-order valence-electron chi connectivity index (χ3n) is 2.77. The molecule has 0 aliphatic carbocycles. The average Bonchev–Trinajstić information content (AvgIpc) is 2.71. The van der Waals surface area contributed by atoms with E-state index in [1.165, 1.54) is 0 Å². The average molecular weight is 219 g/mol. The predicted octanol–water partition coefficient (Wildman–Crippen LogP) is 1.31. The number of hydrogen-bond acceptors (Lipinski definition) is 3. The van der Waals surface area contributed by atoms with Crippen LogP contribution in [0.2, 0.25) is 0 Å². The number of aliphatic hydroxyl groups excluding tert-OH is 1. The van der Waals surface area contributed by atoms with Crippen LogP contribution in [0, 0.1) is 0 Å². The first-order chi connectivity index (χ1) is 7.76. The summed E-state index contributed by atoms with van der Waals surface area (Å²) in [5.74, 6) is 0. The van der Waals surface area contributed by atoms with Gasteiger partial charge in [0.2, 0.25) is 0 Å². The fraction of sp³-hybridized carbons (Fsp3) is 0.417. The molecular weight excluding hydrogens is 202 g/mol. The van der Waals surface area contributed by atoms with Gasteiger partial charge in [-0.2, -0.15) is 0 Å². The smallest absolute Gasteiger partial charge is 0.0958 e. The zero-order chi connectivity index (χ0) is 11.5. The fourth-order valence-corrected chi connectivity index (χ4v) is 1.85. The van der Waals surface area contributed by atoms with Gasteiger partial charge in [0.1, 0.15) is 0 Å². The zero-order valence-electron chi connectivity index (χ0n) is 9.64. The third kappa shape index (κ3) is 1.94. The number of fused-ring (bicyclic) bond motifs is 1. The van der Waals surface area contributed by atoms with Crippen molar-refractivity contribution < 1.29 is 5.11 Å². The minimum atomic E-state index is -0.471. The number of nitrogens with zero attached hydrogens (tertiary/aromatic N) is 2. The van der Waals surface area contributed by atoms with E-state index in [0.29, 0.717) is 6.54 Å². The lowest BCUT2D eigenvalue weighted by Gasteiger charge is -2.10. The molecule has 4 heteroatoms. The van der Waals surface area contributed by atoms with E-state index >= 15 is 0 Å². The predicted molar refractivity (Wildman–Crippen MR) is 64.3 cm³/mol. The summed E-state index contributed by atoms with van der Waals surface area (Å²) in [6.45, 7) is 3.56. The second-order valence-corrected chi connectivity index (χ2v) is 3.85. The fourth-order valence-electron chi connectivity index (χ4n) is 1.85. The second-order valence-electron chi connectivity index (χ2n) is 3.85. The van der Waals surface area contributed by atoms with E-state index in [9.17, 15) is 5.11 Å². The number of imidazole rings is 1. The van der Waals surface area contributed by atoms with Gasteiger partial charge in [-0.3, -0.25) is 0 Å². The molecule has 0 bridgehead atoms. The minimum absolute atomic E-state index is 0.471. The van der Waals surface area contributed by atoms with Gasteiger partial charge >= 0.3 is 0 Å². The van der Waals surface area contributed by atoms with Gasteiger partial charge in [-0.05, 0) is 31.7 Å². The van der Waals surface area contributed by atoms with E-state index in [1.807, 2.05) is 31.6 Å². The van der Waals surface area contributed by atoms with Gasteiger partial charge in [0, 0.05) is 13.1 Å². The van der Waals surface area contributed by atoms with Crippen molar-refractivity contribution in [3.05, 3.63) is 30.1 Å². The van der Waals surface area contributed by atoms with E-state index in [0.717, 1.165) is 23.1 Å². The van der Waals surface area contributed by atoms with Crippen molar-refractivity contribution in [2.75, 3.05) is 13.6 Å². The molecule has 2 N–H and O–H groups in total. The Morgan fingerprint density at radius 1 is 1.50 bits per heavy atom. The Morgan fingerprint density at radius 3 is 3.00 bits per heavy atom. The zero-order valence-corrected chi connectivity index (χ0v) is 9.64. The SMILES string of the molecule is CCn1cnc2cc(C(O)CNC)ccc21. The van der Waals surface area contributed by atoms with Crippen molar-refractivity contribution in [2.45, 2.75) is 19.6 Å². The molecule has 1 heterocycles. The van der Waals surface area contributed by atoms with Crippen molar-refractivity contribution >= 4 is 11.0 Å². The highest BCUT2D eigenvalue weighted by atomic mass is 16.3. The first-order valence-corrected chi connectivity index (χ1v) is 5.53. The molecule has 0 fully saturated rings. The number of benzene rings is 1. The quantitative estimate of drug-likeness (QED) is 0.815. The van der Waals surface area contributed by atoms with E-state index in [1.54, 1.807) is 0 Å². The molecule has 1 unspecified atom stereocenters. The van der Waals surface area contributed by atoms with Crippen molar-refractivity contribution in [1.29, 1.82) is 0 Å². The maximum Gasteiger partial charge on any atom is 0.0958 e. The van der Waals surface area contributed by atoms with Gasteiger partial charge in [-0.1, -0.05) is 6.07 Å². The van der Waals surface area contributed by atoms with Gasteiger partial charge in [-0.15, -0.1) is 0 Å². The molecule has 4 nitrogen and oxygen atoms in total. The van der Waals surface area contributed by atoms with Crippen LogP contribution in [0.5, 0.6) is 0 Å². The van der Waals surface area contributed by atoms with E-state index < -0.39 is 6.10 Å². The highest BCUT2D eigenvalue weighted by molar-refractivity contribution is 5.76. The van der Waals surface area contributed by atoms with Crippen LogP contribution in [0.1, 0.15) is 18.6 Å². The Morgan fingerprint density at radius 2 is 2.31 bits per heavy atom. The van der Waals surface area contributed by atoms with Crippen LogP contribution in [0.4, 0.5) is 0 Å². The molecule has 16 heavy (non-hydrogen) atoms. The van der Waals surface area contributed by atoms with Gasteiger partial charge in [0.25, 0.3) is 0 Å².